The number of aliphatic hydroxyl groups is 1. The van der Waals surface area contributed by atoms with E-state index in [0.29, 0.717) is 29.9 Å². The third-order valence-corrected chi connectivity index (χ3v) is 2.12. The molecule has 2 aromatic rings. The van der Waals surface area contributed by atoms with Crippen LogP contribution in [0, 0.1) is 0 Å². The van der Waals surface area contributed by atoms with Crippen LogP contribution < -0.4 is 0 Å². The van der Waals surface area contributed by atoms with Crippen LogP contribution in [-0.4, -0.2) is 32.6 Å². The minimum absolute atomic E-state index is 0.121. The summed E-state index contributed by atoms with van der Waals surface area (Å²) in [5.41, 5.74) is 1.10. The summed E-state index contributed by atoms with van der Waals surface area (Å²) in [5, 5.41) is 12.9. The summed E-state index contributed by atoms with van der Waals surface area (Å²) < 4.78 is 1.58. The molecule has 0 saturated carbocycles. The first-order valence-corrected chi connectivity index (χ1v) is 4.75. The van der Waals surface area contributed by atoms with Crippen LogP contribution in [0.1, 0.15) is 22.6 Å². The van der Waals surface area contributed by atoms with E-state index in [1.54, 1.807) is 22.8 Å². The predicted molar refractivity (Wildman–Crippen MR) is 53.8 cm³/mol. The number of pyridine rings is 1. The minimum atomic E-state index is 0.121. The van der Waals surface area contributed by atoms with Crippen molar-refractivity contribution in [2.45, 2.75) is 12.8 Å². The minimum Gasteiger partial charge on any atom is -0.396 e. The van der Waals surface area contributed by atoms with Crippen molar-refractivity contribution in [3.8, 4) is 0 Å². The van der Waals surface area contributed by atoms with E-state index in [9.17, 15) is 4.79 Å². The quantitative estimate of drug-likeness (QED) is 0.736. The SMILES string of the molecule is O=Cc1cccn2nc(CCCO)nc12. The van der Waals surface area contributed by atoms with Gasteiger partial charge in [-0.3, -0.25) is 4.79 Å². The Morgan fingerprint density at radius 2 is 2.40 bits per heavy atom. The fraction of sp³-hybridized carbons (Fsp3) is 0.300. The van der Waals surface area contributed by atoms with E-state index < -0.39 is 0 Å². The summed E-state index contributed by atoms with van der Waals surface area (Å²) in [6.45, 7) is 0.121. The number of rotatable bonds is 4. The number of aldehydes is 1. The predicted octanol–water partition coefficient (Wildman–Crippen LogP) is 0.467. The number of carbonyl (C=O) groups excluding carboxylic acids is 1. The van der Waals surface area contributed by atoms with Crippen LogP contribution in [0.2, 0.25) is 0 Å². The lowest BCUT2D eigenvalue weighted by Crippen LogP contribution is -1.92. The standard InChI is InChI=1S/C10H11N3O2/c14-6-2-4-9-11-10-8(7-15)3-1-5-13(10)12-9/h1,3,5,7,14H,2,4,6H2. The first-order chi connectivity index (χ1) is 7.35. The van der Waals surface area contributed by atoms with Crippen molar-refractivity contribution in [1.82, 2.24) is 14.6 Å². The summed E-state index contributed by atoms with van der Waals surface area (Å²) in [6.07, 6.45) is 3.77. The van der Waals surface area contributed by atoms with Crippen molar-refractivity contribution in [3.05, 3.63) is 29.7 Å². The molecule has 0 unspecified atom stereocenters. The molecule has 5 nitrogen and oxygen atoms in total. The van der Waals surface area contributed by atoms with Gasteiger partial charge in [0.1, 0.15) is 0 Å². The molecule has 0 aliphatic carbocycles. The number of fused-ring (bicyclic) bond motifs is 1. The van der Waals surface area contributed by atoms with Gasteiger partial charge < -0.3 is 5.11 Å². The van der Waals surface area contributed by atoms with Gasteiger partial charge in [0, 0.05) is 19.2 Å². The van der Waals surface area contributed by atoms with Gasteiger partial charge in [0.05, 0.1) is 5.56 Å². The fourth-order valence-corrected chi connectivity index (χ4v) is 1.41. The van der Waals surface area contributed by atoms with E-state index in [1.165, 1.54) is 0 Å². The summed E-state index contributed by atoms with van der Waals surface area (Å²) in [7, 11) is 0. The Kier molecular flexibility index (Phi) is 2.73. The van der Waals surface area contributed by atoms with E-state index in [4.69, 9.17) is 5.11 Å². The van der Waals surface area contributed by atoms with Gasteiger partial charge in [0.2, 0.25) is 0 Å². The largest absolute Gasteiger partial charge is 0.396 e. The van der Waals surface area contributed by atoms with E-state index in [1.807, 2.05) is 0 Å². The number of aliphatic hydroxyl groups excluding tert-OH is 1. The van der Waals surface area contributed by atoms with E-state index in [-0.39, 0.29) is 6.61 Å². The van der Waals surface area contributed by atoms with Crippen LogP contribution in [-0.2, 0) is 6.42 Å². The van der Waals surface area contributed by atoms with Gasteiger partial charge in [-0.15, -0.1) is 0 Å². The van der Waals surface area contributed by atoms with Crippen molar-refractivity contribution < 1.29 is 9.90 Å². The molecular weight excluding hydrogens is 194 g/mol. The summed E-state index contributed by atoms with van der Waals surface area (Å²) in [5.74, 6) is 0.651. The maximum Gasteiger partial charge on any atom is 0.166 e. The average molecular weight is 205 g/mol. The lowest BCUT2D eigenvalue weighted by atomic mass is 10.3. The van der Waals surface area contributed by atoms with Crippen LogP contribution in [0.25, 0.3) is 5.65 Å². The summed E-state index contributed by atoms with van der Waals surface area (Å²) in [4.78, 5) is 15.0. The molecule has 1 N–H and O–H groups in total. The Balaban J connectivity index is 2.41. The second kappa shape index (κ2) is 4.18. The molecule has 0 aromatic carbocycles. The molecule has 0 spiro atoms. The molecule has 0 amide bonds. The molecule has 2 rings (SSSR count). The van der Waals surface area contributed by atoms with E-state index in [0.717, 1.165) is 6.29 Å². The smallest absolute Gasteiger partial charge is 0.166 e. The Morgan fingerprint density at radius 1 is 1.53 bits per heavy atom. The number of aryl methyl sites for hydroxylation is 1. The van der Waals surface area contributed by atoms with Gasteiger partial charge in [-0.2, -0.15) is 5.10 Å². The molecule has 2 heterocycles. The van der Waals surface area contributed by atoms with E-state index >= 15 is 0 Å². The zero-order valence-corrected chi connectivity index (χ0v) is 8.13. The van der Waals surface area contributed by atoms with Crippen molar-refractivity contribution in [3.63, 3.8) is 0 Å². The highest BCUT2D eigenvalue weighted by atomic mass is 16.2. The zero-order chi connectivity index (χ0) is 10.7. The lowest BCUT2D eigenvalue weighted by molar-refractivity contribution is 0.112. The highest BCUT2D eigenvalue weighted by Gasteiger charge is 2.06. The Labute approximate surface area is 86.4 Å². The van der Waals surface area contributed by atoms with Crippen molar-refractivity contribution >= 4 is 11.9 Å². The maximum absolute atomic E-state index is 10.7. The molecule has 0 atom stereocenters. The molecule has 0 bridgehead atoms. The molecule has 0 aliphatic rings. The van der Waals surface area contributed by atoms with Gasteiger partial charge in [-0.1, -0.05) is 0 Å². The molecular formula is C10H11N3O2. The molecule has 5 heteroatoms. The maximum atomic E-state index is 10.7. The number of nitrogens with zero attached hydrogens (tertiary/aromatic N) is 3. The highest BCUT2D eigenvalue weighted by molar-refractivity contribution is 5.83. The topological polar surface area (TPSA) is 67.5 Å². The molecule has 0 aliphatic heterocycles. The Hall–Kier alpha value is -1.75. The molecule has 78 valence electrons. The highest BCUT2D eigenvalue weighted by Crippen LogP contribution is 2.07. The molecule has 15 heavy (non-hydrogen) atoms. The Bertz CT molecular complexity index is 478. The van der Waals surface area contributed by atoms with Crippen molar-refractivity contribution in [2.75, 3.05) is 6.61 Å². The van der Waals surface area contributed by atoms with Gasteiger partial charge in [-0.05, 0) is 18.6 Å². The van der Waals surface area contributed by atoms with Crippen LogP contribution in [0.3, 0.4) is 0 Å². The van der Waals surface area contributed by atoms with Crippen molar-refractivity contribution in [1.29, 1.82) is 0 Å². The van der Waals surface area contributed by atoms with Crippen molar-refractivity contribution in [2.24, 2.45) is 0 Å². The number of aromatic nitrogens is 3. The van der Waals surface area contributed by atoms with Gasteiger partial charge >= 0.3 is 0 Å². The van der Waals surface area contributed by atoms with Gasteiger partial charge in [-0.25, -0.2) is 9.50 Å². The average Bonchev–Trinajstić information content (AvgIpc) is 2.68. The fourth-order valence-electron chi connectivity index (χ4n) is 1.41. The van der Waals surface area contributed by atoms with Gasteiger partial charge in [0.25, 0.3) is 0 Å². The molecule has 0 radical (unpaired) electrons. The van der Waals surface area contributed by atoms with Gasteiger partial charge in [0.15, 0.2) is 17.8 Å². The monoisotopic (exact) mass is 205 g/mol. The second-order valence-corrected chi connectivity index (χ2v) is 3.20. The van der Waals surface area contributed by atoms with Crippen LogP contribution in [0.4, 0.5) is 0 Å². The van der Waals surface area contributed by atoms with Crippen LogP contribution in [0.5, 0.6) is 0 Å². The normalized spacial score (nSPS) is 10.7. The summed E-state index contributed by atoms with van der Waals surface area (Å²) in [6, 6.07) is 3.45. The number of hydrogen-bond donors (Lipinski definition) is 1. The first-order valence-electron chi connectivity index (χ1n) is 4.75. The lowest BCUT2D eigenvalue weighted by Gasteiger charge is -1.91. The third-order valence-electron chi connectivity index (χ3n) is 2.12. The third kappa shape index (κ3) is 1.87. The Morgan fingerprint density at radius 3 is 3.13 bits per heavy atom. The first kappa shape index (κ1) is 9.79. The van der Waals surface area contributed by atoms with Crippen LogP contribution >= 0.6 is 0 Å². The number of hydrogen-bond acceptors (Lipinski definition) is 4. The molecule has 0 fully saturated rings. The summed E-state index contributed by atoms with van der Waals surface area (Å²) >= 11 is 0. The molecule has 0 saturated heterocycles. The second-order valence-electron chi connectivity index (χ2n) is 3.20. The zero-order valence-electron chi connectivity index (χ0n) is 8.13. The molecule has 2 aromatic heterocycles. The van der Waals surface area contributed by atoms with E-state index in [2.05, 4.69) is 10.1 Å². The van der Waals surface area contributed by atoms with Crippen LogP contribution in [0.15, 0.2) is 18.3 Å². The number of carbonyl (C=O) groups is 1.